The highest BCUT2D eigenvalue weighted by molar-refractivity contribution is 7.80. The van der Waals surface area contributed by atoms with Crippen molar-refractivity contribution in [3.63, 3.8) is 0 Å². The van der Waals surface area contributed by atoms with Gasteiger partial charge >= 0.3 is 0 Å². The molecular weight excluding hydrogens is 288 g/mol. The van der Waals surface area contributed by atoms with Gasteiger partial charge in [-0.15, -0.1) is 0 Å². The fourth-order valence-corrected chi connectivity index (χ4v) is 1.26. The lowest BCUT2D eigenvalue weighted by Gasteiger charge is -1.98. The van der Waals surface area contributed by atoms with Crippen LogP contribution in [0.15, 0.2) is 60.7 Å². The van der Waals surface area contributed by atoms with Gasteiger partial charge in [0.15, 0.2) is 10.2 Å². The van der Waals surface area contributed by atoms with Crippen molar-refractivity contribution in [1.29, 1.82) is 0 Å². The van der Waals surface area contributed by atoms with E-state index in [2.05, 4.69) is 95.9 Å². The quantitative estimate of drug-likeness (QED) is 0.598. The van der Waals surface area contributed by atoms with Crippen LogP contribution in [0.4, 0.5) is 0 Å². The average molecular weight is 306 g/mol. The van der Waals surface area contributed by atoms with Crippen molar-refractivity contribution in [3.8, 4) is 11.1 Å². The first-order valence-corrected chi connectivity index (χ1v) is 6.45. The van der Waals surface area contributed by atoms with Crippen molar-refractivity contribution in [2.75, 3.05) is 0 Å². The minimum atomic E-state index is 0.000000000000000222. The highest BCUT2D eigenvalue weighted by atomic mass is 32.1. The lowest BCUT2D eigenvalue weighted by atomic mass is 10.1. The molecule has 0 aliphatic rings. The second-order valence-electron chi connectivity index (χ2n) is 3.54. The van der Waals surface area contributed by atoms with Crippen LogP contribution in [0.3, 0.4) is 0 Å². The van der Waals surface area contributed by atoms with Crippen LogP contribution in [0.1, 0.15) is 0 Å². The third-order valence-electron chi connectivity index (χ3n) is 1.88. The standard InChI is InChI=1S/C12H10.2CH4N2S/c1-3-7-11(8-4-1)12-9-5-2-6-10-12;2*2-1(3)4/h1-10H;2*(H4,2,3,4). The Bertz CT molecular complexity index is 458. The zero-order chi connectivity index (χ0) is 15.4. The van der Waals surface area contributed by atoms with E-state index >= 15 is 0 Å². The van der Waals surface area contributed by atoms with Crippen molar-refractivity contribution in [1.82, 2.24) is 0 Å². The molecular formula is C14H18N4S2. The normalized spacial score (nSPS) is 8.20. The molecule has 0 amide bonds. The van der Waals surface area contributed by atoms with E-state index in [4.69, 9.17) is 0 Å². The van der Waals surface area contributed by atoms with Crippen LogP contribution in [0.2, 0.25) is 0 Å². The number of thiocarbonyl (C=S) groups is 2. The maximum absolute atomic E-state index is 4.62. The van der Waals surface area contributed by atoms with Gasteiger partial charge in [0.1, 0.15) is 0 Å². The Kier molecular flexibility index (Phi) is 9.55. The highest BCUT2D eigenvalue weighted by Gasteiger charge is 1.91. The van der Waals surface area contributed by atoms with Crippen molar-refractivity contribution >= 4 is 34.7 Å². The average Bonchev–Trinajstić information content (AvgIpc) is 2.39. The van der Waals surface area contributed by atoms with E-state index in [0.717, 1.165) is 0 Å². The largest absolute Gasteiger partial charge is 0.377 e. The first kappa shape index (κ1) is 17.8. The van der Waals surface area contributed by atoms with E-state index in [0.29, 0.717) is 0 Å². The number of benzene rings is 2. The van der Waals surface area contributed by atoms with Gasteiger partial charge < -0.3 is 22.9 Å². The molecule has 4 nitrogen and oxygen atoms in total. The Morgan fingerprint density at radius 2 is 0.750 bits per heavy atom. The number of rotatable bonds is 1. The summed E-state index contributed by atoms with van der Waals surface area (Å²) in [4.78, 5) is 0. The lowest BCUT2D eigenvalue weighted by molar-refractivity contribution is 1.62. The Balaban J connectivity index is 0.000000380. The Morgan fingerprint density at radius 1 is 0.550 bits per heavy atom. The van der Waals surface area contributed by atoms with Gasteiger partial charge in [-0.2, -0.15) is 0 Å². The van der Waals surface area contributed by atoms with Crippen LogP contribution in [-0.4, -0.2) is 10.2 Å². The third-order valence-corrected chi connectivity index (χ3v) is 1.88. The Labute approximate surface area is 129 Å². The molecule has 0 spiro atoms. The predicted octanol–water partition coefficient (Wildman–Crippen LogP) is 1.73. The molecule has 0 bridgehead atoms. The van der Waals surface area contributed by atoms with Gasteiger partial charge in [0.05, 0.1) is 0 Å². The van der Waals surface area contributed by atoms with Gasteiger partial charge in [0.2, 0.25) is 0 Å². The van der Waals surface area contributed by atoms with Crippen LogP contribution in [0.5, 0.6) is 0 Å². The number of nitrogens with two attached hydrogens (primary N) is 4. The molecule has 0 atom stereocenters. The minimum absolute atomic E-state index is 0.000000000000000222. The molecule has 2 aromatic rings. The summed E-state index contributed by atoms with van der Waals surface area (Å²) in [6.45, 7) is 0. The molecule has 0 saturated carbocycles. The minimum Gasteiger partial charge on any atom is -0.377 e. The molecule has 0 unspecified atom stereocenters. The smallest absolute Gasteiger partial charge is 0.160 e. The van der Waals surface area contributed by atoms with Gasteiger partial charge in [-0.3, -0.25) is 0 Å². The van der Waals surface area contributed by atoms with Crippen LogP contribution in [0.25, 0.3) is 11.1 Å². The topological polar surface area (TPSA) is 104 Å². The summed E-state index contributed by atoms with van der Waals surface area (Å²) in [5.41, 5.74) is 21.0. The van der Waals surface area contributed by atoms with Gasteiger partial charge in [0, 0.05) is 0 Å². The molecule has 20 heavy (non-hydrogen) atoms. The molecule has 2 aromatic carbocycles. The molecule has 8 N–H and O–H groups in total. The maximum atomic E-state index is 4.62. The summed E-state index contributed by atoms with van der Waals surface area (Å²) in [6.07, 6.45) is 0. The lowest BCUT2D eigenvalue weighted by Crippen LogP contribution is -2.18. The Morgan fingerprint density at radius 3 is 0.950 bits per heavy atom. The molecule has 106 valence electrons. The van der Waals surface area contributed by atoms with Crippen molar-refractivity contribution in [2.45, 2.75) is 0 Å². The molecule has 0 radical (unpaired) electrons. The first-order valence-electron chi connectivity index (χ1n) is 5.63. The number of hydrogen-bond acceptors (Lipinski definition) is 2. The molecule has 6 heteroatoms. The molecule has 0 aliphatic carbocycles. The van der Waals surface area contributed by atoms with Gasteiger partial charge in [-0.1, -0.05) is 60.7 Å². The summed E-state index contributed by atoms with van der Waals surface area (Å²) >= 11 is 8.19. The summed E-state index contributed by atoms with van der Waals surface area (Å²) in [7, 11) is 0. The summed E-state index contributed by atoms with van der Waals surface area (Å²) in [5, 5.41) is 0.000000000000000444. The van der Waals surface area contributed by atoms with Gasteiger partial charge in [-0.05, 0) is 35.6 Å². The fraction of sp³-hybridized carbons (Fsp3) is 0. The van der Waals surface area contributed by atoms with Gasteiger partial charge in [0.25, 0.3) is 0 Å². The third kappa shape index (κ3) is 10.9. The molecule has 0 saturated heterocycles. The van der Waals surface area contributed by atoms with Gasteiger partial charge in [-0.25, -0.2) is 0 Å². The molecule has 0 aromatic heterocycles. The summed E-state index contributed by atoms with van der Waals surface area (Å²) < 4.78 is 0. The summed E-state index contributed by atoms with van der Waals surface area (Å²) in [6, 6.07) is 20.8. The monoisotopic (exact) mass is 306 g/mol. The van der Waals surface area contributed by atoms with E-state index in [1.807, 2.05) is 12.1 Å². The van der Waals surface area contributed by atoms with E-state index in [1.165, 1.54) is 11.1 Å². The van der Waals surface area contributed by atoms with Crippen LogP contribution < -0.4 is 22.9 Å². The van der Waals surface area contributed by atoms with Crippen LogP contribution >= 0.6 is 24.4 Å². The van der Waals surface area contributed by atoms with E-state index < -0.39 is 0 Å². The molecule has 0 aliphatic heterocycles. The van der Waals surface area contributed by atoms with E-state index in [1.54, 1.807) is 0 Å². The van der Waals surface area contributed by atoms with E-state index in [-0.39, 0.29) is 10.2 Å². The van der Waals surface area contributed by atoms with Crippen molar-refractivity contribution in [3.05, 3.63) is 60.7 Å². The van der Waals surface area contributed by atoms with Crippen LogP contribution in [-0.2, 0) is 0 Å². The van der Waals surface area contributed by atoms with Crippen LogP contribution in [0, 0.1) is 0 Å². The fourth-order valence-electron chi connectivity index (χ4n) is 1.26. The molecule has 2 rings (SSSR count). The summed E-state index contributed by atoms with van der Waals surface area (Å²) in [5.74, 6) is 0. The molecule has 0 fully saturated rings. The molecule has 0 heterocycles. The predicted molar refractivity (Wildman–Crippen MR) is 93.8 cm³/mol. The SMILES string of the molecule is NC(N)=S.NC(N)=S.c1ccc(-c2ccccc2)cc1. The van der Waals surface area contributed by atoms with Crippen molar-refractivity contribution in [2.24, 2.45) is 22.9 Å². The number of hydrogen-bond donors (Lipinski definition) is 4. The maximum Gasteiger partial charge on any atom is 0.160 e. The highest BCUT2D eigenvalue weighted by Crippen LogP contribution is 2.17. The second-order valence-corrected chi connectivity index (χ2v) is 4.48. The zero-order valence-corrected chi connectivity index (χ0v) is 12.5. The van der Waals surface area contributed by atoms with Crippen molar-refractivity contribution < 1.29 is 0 Å². The first-order chi connectivity index (χ1) is 9.43. The second kappa shape index (κ2) is 10.7. The Hall–Kier alpha value is -2.18. The van der Waals surface area contributed by atoms with E-state index in [9.17, 15) is 0 Å². The zero-order valence-electron chi connectivity index (χ0n) is 10.9.